The predicted molar refractivity (Wildman–Crippen MR) is 816 cm³/mol. The zero-order valence-electron chi connectivity index (χ0n) is 65.7. The molecule has 4 fully saturated rings. The number of imide groups is 3. The SMILES string of the molecule is C.C.COc1ccc(C=[N+]([O-])c2ccccc2)cc1.COc1ccc([C@@H]2N(c3ccccc3)O[C@@]3(C)C(=O)N(c4ccc(Br)cc4)C(=O)[C@@]23C)cc1.COc1ccc([C@H]2N(c3ccccc3)O[C@@]3(C)C(=O)N(c4ccc(Br)cc4)C(=O)[C@@]23C)cc1.I[I-]I(I)I(I)I(I)I(I)I(I)I(I)I.I[I-]I(I)I(I)I(I)I(I)I(I)I(I)I(I)I.O=C1C=CC(=O)N1c1ccc(Br)cc1. The normalized spacial score (nSPS) is 20.7. The smallest absolute Gasteiger partial charge is 0.258 e. The summed E-state index contributed by atoms with van der Waals surface area (Å²) in [6.45, 7) is 7.07. The number of ether oxygens (including phenoxy) is 3. The fourth-order valence-electron chi connectivity index (χ4n) is 12.7. The van der Waals surface area contributed by atoms with E-state index in [4.69, 9.17) is 23.9 Å². The zero-order valence-corrected chi connectivity index (χ0v) is 140. The Labute approximate surface area is 1020 Å². The third kappa shape index (κ3) is 34.4. The van der Waals surface area contributed by atoms with Gasteiger partial charge in [0.15, 0.2) is 17.4 Å². The van der Waals surface area contributed by atoms with Crippen molar-refractivity contribution in [3.05, 3.63) is 284 Å². The molecule has 9 aromatic rings. The first-order chi connectivity index (χ1) is 61.1. The van der Waals surface area contributed by atoms with Crippen LogP contribution in [0, 0.1) is 16.0 Å². The molecule has 0 unspecified atom stereocenters. The van der Waals surface area contributed by atoms with E-state index in [1.807, 2.05) is 190 Å². The number of fused-ring (bicyclic) bond motifs is 2. The number of hydroxylamine groups is 2. The van der Waals surface area contributed by atoms with E-state index >= 15 is 0 Å². The average molecular weight is 5590 g/mol. The number of nitrogens with zero attached hydrogens (tertiary/aromatic N) is 6. The Bertz CT molecular complexity index is 5130. The minimum absolute atomic E-state index is 0. The molecule has 0 spiro atoms. The van der Waals surface area contributed by atoms with E-state index in [9.17, 15) is 34.0 Å². The number of carbonyl (C=O) groups excluding carboxylic acids is 6. The Morgan fingerprint density at radius 1 is 0.366 bits per heavy atom. The van der Waals surface area contributed by atoms with Crippen molar-refractivity contribution < 1.29 is 83.9 Å². The summed E-state index contributed by atoms with van der Waals surface area (Å²) in [6.07, 6.45) is 4.07. The molecule has 5 aliphatic rings. The molecule has 0 bridgehead atoms. The van der Waals surface area contributed by atoms with Gasteiger partial charge in [-0.05, 0) is 184 Å². The summed E-state index contributed by atoms with van der Waals surface area (Å²) in [5.41, 5.74) is 1.19. The van der Waals surface area contributed by atoms with Crippen molar-refractivity contribution >= 4 is 543 Å². The van der Waals surface area contributed by atoms with Crippen LogP contribution in [0.5, 0.6) is 17.2 Å². The number of hydrogen-bond acceptors (Lipinski definition) is 14. The van der Waals surface area contributed by atoms with Crippen LogP contribution in [0.2, 0.25) is 0 Å². The van der Waals surface area contributed by atoms with Gasteiger partial charge < -0.3 is 19.4 Å². The van der Waals surface area contributed by atoms with E-state index in [1.165, 1.54) is 28.2 Å². The van der Waals surface area contributed by atoms with E-state index < -0.39 is 49.9 Å². The predicted octanol–water partition coefficient (Wildman–Crippen LogP) is 37.3. The number of halogens is 35. The van der Waals surface area contributed by atoms with Crippen molar-refractivity contribution in [3.63, 3.8) is 0 Å². The Hall–Kier alpha value is 13.3. The molecule has 6 amide bonds. The van der Waals surface area contributed by atoms with E-state index in [2.05, 4.69) is 364 Å². The first kappa shape index (κ1) is 131. The molecule has 4 saturated heterocycles. The molecule has 5 heterocycles. The first-order valence-electron chi connectivity index (χ1n) is 34.8. The van der Waals surface area contributed by atoms with Crippen LogP contribution >= 0.6 is 467 Å². The molecule has 6 atom stereocenters. The number of benzene rings is 9. The first-order valence-corrected chi connectivity index (χ1v) is 226. The molecule has 5 aliphatic heterocycles. The summed E-state index contributed by atoms with van der Waals surface area (Å²) >= 11 is 61.9. The minimum Gasteiger partial charge on any atom is -0.269 e. The zero-order chi connectivity index (χ0) is 94.9. The fourth-order valence-corrected chi connectivity index (χ4v) is 4200. The van der Waals surface area contributed by atoms with Crippen LogP contribution in [0.15, 0.2) is 262 Å². The second-order valence-electron chi connectivity index (χ2n) is 25.8. The van der Waals surface area contributed by atoms with Gasteiger partial charge in [-0.3, -0.25) is 38.4 Å². The van der Waals surface area contributed by atoms with Crippen molar-refractivity contribution in [1.82, 2.24) is 0 Å². The summed E-state index contributed by atoms with van der Waals surface area (Å²) in [5, 5.41) is 15.2. The molecular weight excluding hydrogens is 5510 g/mol. The monoisotopic (exact) mass is 5580 g/mol. The molecule has 9 aromatic carbocycles. The van der Waals surface area contributed by atoms with Gasteiger partial charge in [-0.15, -0.1) is 0 Å². The Morgan fingerprint density at radius 2 is 0.641 bits per heavy atom. The van der Waals surface area contributed by atoms with Crippen molar-refractivity contribution in [3.8, 4) is 17.2 Å². The summed E-state index contributed by atoms with van der Waals surface area (Å²) in [5.74, 6) is 0.259. The van der Waals surface area contributed by atoms with Crippen LogP contribution in [0.4, 0.5) is 34.1 Å². The van der Waals surface area contributed by atoms with Gasteiger partial charge in [0.25, 0.3) is 23.6 Å². The number of amides is 6. The van der Waals surface area contributed by atoms with Crippen LogP contribution in [0.1, 0.15) is 71.3 Å². The topological polar surface area (TPSA) is 191 Å². The number of carbonyl (C=O) groups is 6. The Balaban J connectivity index is 0.000000223. The summed E-state index contributed by atoms with van der Waals surface area (Å²) in [7, 11) is 0.341. The number of anilines is 5. The third-order valence-corrected chi connectivity index (χ3v) is 2000. The van der Waals surface area contributed by atoms with Gasteiger partial charge in [-0.2, -0.15) is 4.74 Å². The molecular formula is C78H73Br3I32N6O12-2. The van der Waals surface area contributed by atoms with Crippen molar-refractivity contribution in [2.24, 2.45) is 10.8 Å². The van der Waals surface area contributed by atoms with Crippen LogP contribution < -0.4 is 65.5 Å². The summed E-state index contributed by atoms with van der Waals surface area (Å²) < 4.78 is 19.2. The number of rotatable bonds is 25. The van der Waals surface area contributed by atoms with E-state index in [0.29, 0.717) is 60.8 Å². The largest absolute Gasteiger partial charge is 0.269 e. The second kappa shape index (κ2) is 64.4. The van der Waals surface area contributed by atoms with Gasteiger partial charge in [0.05, 0.1) is 61.9 Å². The quantitative estimate of drug-likeness (QED) is 0.0131. The van der Waals surface area contributed by atoms with E-state index in [1.54, 1.807) is 106 Å². The molecule has 131 heavy (non-hydrogen) atoms. The van der Waals surface area contributed by atoms with Gasteiger partial charge in [0, 0.05) is 43.3 Å². The molecule has 0 saturated carbocycles. The fraction of sp³-hybridized carbons (Fsp3) is 0.192. The van der Waals surface area contributed by atoms with E-state index in [0.717, 1.165) is 56.9 Å². The van der Waals surface area contributed by atoms with Crippen molar-refractivity contribution in [1.29, 1.82) is 0 Å². The van der Waals surface area contributed by atoms with Crippen molar-refractivity contribution in [2.45, 2.75) is 65.8 Å². The standard InChI is InChI=1S/2C26H23BrN2O4.C14H13NO2.C10H6BrNO2.2CH4.I17.I15/c2*1-25-22(17-9-15-21(32-3)16-10-17)29(20-7-5-4-6-8-20)33-26(25,2)24(31)28(23(25)30)19-13-11-18(27)12-14-19;1-17-14-9-7-12(8-10-14)11-15(16)13-5-3-2-4-6-13;11-7-1-3-8(4-2-7)12-9(13)5-6-10(12)14;;;1-10-12(4)14(6)16(8)17(9)15(7)13(5)11(2)3;1-9-11(4)13(6)15(8)14(7)12(5)10(2)3/h2*4-16,22H,1-3H3;2-11H,1H3;1-6H;2*1H4;;/q;;;;;;2*-1/t22-,25+,26-;22-,25-,26+;;;;;;/m01....../s1. The summed E-state index contributed by atoms with van der Waals surface area (Å²) in [4.78, 5) is 94.7. The van der Waals surface area contributed by atoms with Crippen LogP contribution in [-0.2, 0) is 38.4 Å². The molecule has 14 rings (SSSR count). The van der Waals surface area contributed by atoms with Gasteiger partial charge in [-0.1, -0.05) is 142 Å². The third-order valence-electron chi connectivity index (χ3n) is 18.9. The minimum atomic E-state index is -1.39. The number of hydrogen-bond donors (Lipinski definition) is 0. The Morgan fingerprint density at radius 3 is 0.931 bits per heavy atom. The van der Waals surface area contributed by atoms with Gasteiger partial charge in [-0.25, -0.2) is 24.8 Å². The number of para-hydroxylation sites is 3. The maximum absolute atomic E-state index is 14.1. The molecule has 18 nitrogen and oxygen atoms in total. The van der Waals surface area contributed by atoms with E-state index in [-0.39, 0.29) is 137 Å². The van der Waals surface area contributed by atoms with Crippen LogP contribution in [-0.4, -0.2) is 78.9 Å². The maximum Gasteiger partial charge on any atom is 0.258 e. The second-order valence-corrected chi connectivity index (χ2v) is 695. The molecule has 0 radical (unpaired) electrons. The molecule has 53 heteroatoms. The Kier molecular flexibility index (Phi) is 64.5. The average Bonchev–Trinajstić information content (AvgIpc) is 1.52. The van der Waals surface area contributed by atoms with Crippen molar-refractivity contribution in [2.75, 3.05) is 46.2 Å². The number of methoxy groups -OCH3 is 3. The molecule has 0 aliphatic carbocycles. The summed E-state index contributed by atoms with van der Waals surface area (Å²) in [6, 6.07) is 70.8. The van der Waals surface area contributed by atoms with Gasteiger partial charge >= 0.3 is 446 Å². The van der Waals surface area contributed by atoms with Crippen LogP contribution in [0.25, 0.3) is 0 Å². The van der Waals surface area contributed by atoms with Crippen LogP contribution in [0.3, 0.4) is 0 Å². The molecule has 734 valence electrons. The van der Waals surface area contributed by atoms with Gasteiger partial charge in [0.2, 0.25) is 17.5 Å². The molecule has 0 N–H and O–H groups in total. The maximum atomic E-state index is 14.1. The van der Waals surface area contributed by atoms with Gasteiger partial charge in [0.1, 0.15) is 28.1 Å². The molecule has 0 aromatic heterocycles.